The number of hydrogen-bond donors (Lipinski definition) is 2. The van der Waals surface area contributed by atoms with Crippen LogP contribution in [0, 0.1) is 0 Å². The third kappa shape index (κ3) is 3.86. The standard InChI is InChI=1S/C19H21N3O4S/c1-19(2,3)15-11-13(7-10-16(15)23)18-21-17(22-26-18)12-5-8-14(9-6-12)27(24,25)20-4/h5-11,20,23H,1-4H3. The van der Waals surface area contributed by atoms with Gasteiger partial charge >= 0.3 is 0 Å². The lowest BCUT2D eigenvalue weighted by molar-refractivity contribution is 0.431. The molecule has 1 heterocycles. The van der Waals surface area contributed by atoms with Gasteiger partial charge in [-0.05, 0) is 54.9 Å². The molecule has 0 amide bonds. The molecule has 0 aliphatic heterocycles. The molecule has 1 aromatic heterocycles. The topological polar surface area (TPSA) is 105 Å². The minimum atomic E-state index is -3.50. The van der Waals surface area contributed by atoms with Gasteiger partial charge in [0.1, 0.15) is 5.75 Å². The fraction of sp³-hybridized carbons (Fsp3) is 0.263. The lowest BCUT2D eigenvalue weighted by atomic mass is 9.85. The Morgan fingerprint density at radius 3 is 2.26 bits per heavy atom. The van der Waals surface area contributed by atoms with Gasteiger partial charge in [0, 0.05) is 16.7 Å². The van der Waals surface area contributed by atoms with E-state index in [0.29, 0.717) is 22.8 Å². The fourth-order valence-electron chi connectivity index (χ4n) is 2.63. The molecule has 0 fully saturated rings. The molecule has 0 spiro atoms. The Hall–Kier alpha value is -2.71. The first kappa shape index (κ1) is 19.1. The van der Waals surface area contributed by atoms with Crippen LogP contribution in [-0.2, 0) is 15.4 Å². The maximum Gasteiger partial charge on any atom is 0.258 e. The molecule has 3 aromatic rings. The highest BCUT2D eigenvalue weighted by Crippen LogP contribution is 2.34. The summed E-state index contributed by atoms with van der Waals surface area (Å²) < 4.78 is 31.2. The summed E-state index contributed by atoms with van der Waals surface area (Å²) >= 11 is 0. The van der Waals surface area contributed by atoms with Gasteiger partial charge in [0.2, 0.25) is 15.8 Å². The SMILES string of the molecule is CNS(=O)(=O)c1ccc(-c2noc(-c3ccc(O)c(C(C)(C)C)c3)n2)cc1. The first-order chi connectivity index (χ1) is 12.6. The predicted octanol–water partition coefficient (Wildman–Crippen LogP) is 3.31. The molecule has 27 heavy (non-hydrogen) atoms. The van der Waals surface area contributed by atoms with Crippen molar-refractivity contribution in [3.8, 4) is 28.6 Å². The van der Waals surface area contributed by atoms with Crippen molar-refractivity contribution in [2.75, 3.05) is 7.05 Å². The Labute approximate surface area is 158 Å². The number of phenols is 1. The number of nitrogens with one attached hydrogen (secondary N) is 1. The van der Waals surface area contributed by atoms with Crippen molar-refractivity contribution in [3.63, 3.8) is 0 Å². The Morgan fingerprint density at radius 2 is 1.67 bits per heavy atom. The van der Waals surface area contributed by atoms with E-state index < -0.39 is 10.0 Å². The van der Waals surface area contributed by atoms with Gasteiger partial charge in [-0.1, -0.05) is 25.9 Å². The van der Waals surface area contributed by atoms with E-state index in [1.54, 1.807) is 24.3 Å². The number of phenolic OH excluding ortho intramolecular Hbond substituents is 1. The molecular weight excluding hydrogens is 366 g/mol. The van der Waals surface area contributed by atoms with Crippen LogP contribution >= 0.6 is 0 Å². The largest absolute Gasteiger partial charge is 0.508 e. The highest BCUT2D eigenvalue weighted by atomic mass is 32.2. The quantitative estimate of drug-likeness (QED) is 0.711. The van der Waals surface area contributed by atoms with E-state index in [9.17, 15) is 13.5 Å². The Morgan fingerprint density at radius 1 is 1.04 bits per heavy atom. The van der Waals surface area contributed by atoms with E-state index in [-0.39, 0.29) is 16.1 Å². The molecule has 0 aliphatic rings. The van der Waals surface area contributed by atoms with Crippen LogP contribution in [0.3, 0.4) is 0 Å². The molecule has 2 aromatic carbocycles. The van der Waals surface area contributed by atoms with Crippen molar-refractivity contribution in [1.29, 1.82) is 0 Å². The molecule has 0 atom stereocenters. The van der Waals surface area contributed by atoms with Gasteiger partial charge in [-0.3, -0.25) is 0 Å². The highest BCUT2D eigenvalue weighted by Gasteiger charge is 2.20. The second kappa shape index (κ2) is 6.79. The van der Waals surface area contributed by atoms with Crippen molar-refractivity contribution < 1.29 is 18.0 Å². The summed E-state index contributed by atoms with van der Waals surface area (Å²) in [5.41, 5.74) is 1.87. The smallest absolute Gasteiger partial charge is 0.258 e. The number of aromatic hydroxyl groups is 1. The molecule has 142 valence electrons. The molecule has 0 aliphatic carbocycles. The summed E-state index contributed by atoms with van der Waals surface area (Å²) in [4.78, 5) is 4.55. The van der Waals surface area contributed by atoms with Crippen molar-refractivity contribution in [2.45, 2.75) is 31.1 Å². The number of benzene rings is 2. The van der Waals surface area contributed by atoms with Crippen molar-refractivity contribution in [1.82, 2.24) is 14.9 Å². The lowest BCUT2D eigenvalue weighted by Gasteiger charge is -2.20. The fourth-order valence-corrected chi connectivity index (χ4v) is 3.36. The maximum atomic E-state index is 11.8. The van der Waals surface area contributed by atoms with Gasteiger partial charge in [0.05, 0.1) is 4.90 Å². The summed E-state index contributed by atoms with van der Waals surface area (Å²) in [6.07, 6.45) is 0. The van der Waals surface area contributed by atoms with Gasteiger partial charge in [0.25, 0.3) is 5.89 Å². The lowest BCUT2D eigenvalue weighted by Crippen LogP contribution is -2.18. The van der Waals surface area contributed by atoms with Gasteiger partial charge in [-0.15, -0.1) is 0 Å². The van der Waals surface area contributed by atoms with Crippen molar-refractivity contribution in [2.24, 2.45) is 0 Å². The van der Waals surface area contributed by atoms with Crippen LogP contribution < -0.4 is 4.72 Å². The second-order valence-electron chi connectivity index (χ2n) is 7.14. The zero-order chi connectivity index (χ0) is 19.8. The summed E-state index contributed by atoms with van der Waals surface area (Å²) in [5, 5.41) is 14.1. The summed E-state index contributed by atoms with van der Waals surface area (Å²) in [7, 11) is -2.14. The van der Waals surface area contributed by atoms with Crippen LogP contribution in [0.2, 0.25) is 0 Å². The van der Waals surface area contributed by atoms with Crippen LogP contribution in [0.5, 0.6) is 5.75 Å². The van der Waals surface area contributed by atoms with Crippen LogP contribution in [0.25, 0.3) is 22.8 Å². The number of aromatic nitrogens is 2. The van der Waals surface area contributed by atoms with Gasteiger partial charge in [0.15, 0.2) is 0 Å². The van der Waals surface area contributed by atoms with Crippen LogP contribution in [0.4, 0.5) is 0 Å². The van der Waals surface area contributed by atoms with E-state index >= 15 is 0 Å². The average molecular weight is 387 g/mol. The number of nitrogens with zero attached hydrogens (tertiary/aromatic N) is 2. The Kier molecular flexibility index (Phi) is 4.79. The van der Waals surface area contributed by atoms with Gasteiger partial charge in [-0.2, -0.15) is 4.98 Å². The molecule has 0 saturated heterocycles. The van der Waals surface area contributed by atoms with E-state index in [2.05, 4.69) is 14.9 Å². The number of hydrogen-bond acceptors (Lipinski definition) is 6. The number of rotatable bonds is 4. The molecule has 0 bridgehead atoms. The summed E-state index contributed by atoms with van der Waals surface area (Å²) in [5.74, 6) is 0.888. The van der Waals surface area contributed by atoms with Crippen LogP contribution in [0.1, 0.15) is 26.3 Å². The molecule has 3 rings (SSSR count). The Balaban J connectivity index is 1.94. The van der Waals surface area contributed by atoms with E-state index in [0.717, 1.165) is 5.56 Å². The summed E-state index contributed by atoms with van der Waals surface area (Å²) in [6, 6.07) is 11.4. The van der Waals surface area contributed by atoms with Gasteiger partial charge in [-0.25, -0.2) is 13.1 Å². The molecule has 7 nitrogen and oxygen atoms in total. The molecule has 0 unspecified atom stereocenters. The highest BCUT2D eigenvalue weighted by molar-refractivity contribution is 7.89. The van der Waals surface area contributed by atoms with Crippen LogP contribution in [-0.4, -0.2) is 30.7 Å². The molecule has 0 radical (unpaired) electrons. The average Bonchev–Trinajstić information content (AvgIpc) is 3.11. The first-order valence-corrected chi connectivity index (χ1v) is 9.82. The first-order valence-electron chi connectivity index (χ1n) is 8.33. The molecule has 2 N–H and O–H groups in total. The maximum absolute atomic E-state index is 11.8. The predicted molar refractivity (Wildman–Crippen MR) is 102 cm³/mol. The third-order valence-corrected chi connectivity index (χ3v) is 5.60. The Bertz CT molecular complexity index is 1070. The minimum absolute atomic E-state index is 0.158. The van der Waals surface area contributed by atoms with Crippen molar-refractivity contribution in [3.05, 3.63) is 48.0 Å². The molecule has 0 saturated carbocycles. The third-order valence-electron chi connectivity index (χ3n) is 4.17. The second-order valence-corrected chi connectivity index (χ2v) is 9.02. The van der Waals surface area contributed by atoms with E-state index in [1.165, 1.54) is 19.2 Å². The number of sulfonamides is 1. The van der Waals surface area contributed by atoms with Gasteiger partial charge < -0.3 is 9.63 Å². The minimum Gasteiger partial charge on any atom is -0.508 e. The van der Waals surface area contributed by atoms with E-state index in [4.69, 9.17) is 4.52 Å². The van der Waals surface area contributed by atoms with Crippen LogP contribution in [0.15, 0.2) is 51.9 Å². The zero-order valence-corrected chi connectivity index (χ0v) is 16.3. The van der Waals surface area contributed by atoms with Crippen molar-refractivity contribution >= 4 is 10.0 Å². The van der Waals surface area contributed by atoms with E-state index in [1.807, 2.05) is 26.8 Å². The summed E-state index contributed by atoms with van der Waals surface area (Å²) in [6.45, 7) is 6.02. The molecule has 8 heteroatoms. The zero-order valence-electron chi connectivity index (χ0n) is 15.5. The monoisotopic (exact) mass is 387 g/mol. The normalized spacial score (nSPS) is 12.3. The molecular formula is C19H21N3O4S.